The molecule has 3 rings (SSSR count). The van der Waals surface area contributed by atoms with Crippen LogP contribution in [0.25, 0.3) is 0 Å². The van der Waals surface area contributed by atoms with Crippen molar-refractivity contribution in [2.45, 2.75) is 12.8 Å². The van der Waals surface area contributed by atoms with Crippen molar-refractivity contribution in [3.05, 3.63) is 18.2 Å². The van der Waals surface area contributed by atoms with Gasteiger partial charge in [-0.15, -0.1) is 0 Å². The summed E-state index contributed by atoms with van der Waals surface area (Å²) in [7, 11) is 0. The number of para-hydroxylation sites is 1. The number of hydrogen-bond donors (Lipinski definition) is 1. The molecule has 102 valence electrons. The highest BCUT2D eigenvalue weighted by molar-refractivity contribution is 5.80. The van der Waals surface area contributed by atoms with Gasteiger partial charge in [-0.05, 0) is 25.0 Å². The van der Waals surface area contributed by atoms with Crippen molar-refractivity contribution in [1.82, 2.24) is 5.32 Å². The molecule has 1 heterocycles. The fourth-order valence-electron chi connectivity index (χ4n) is 1.99. The summed E-state index contributed by atoms with van der Waals surface area (Å²) >= 11 is 0. The second kappa shape index (κ2) is 5.38. The molecule has 0 radical (unpaired) electrons. The third-order valence-corrected chi connectivity index (χ3v) is 3.14. The molecule has 0 spiro atoms. The van der Waals surface area contributed by atoms with Crippen molar-refractivity contribution in [2.75, 3.05) is 26.4 Å². The topological polar surface area (TPSA) is 56.8 Å². The molecule has 1 saturated carbocycles. The number of amides is 1. The highest BCUT2D eigenvalue weighted by Gasteiger charge is 2.29. The second-order valence-corrected chi connectivity index (χ2v) is 4.69. The zero-order valence-electron chi connectivity index (χ0n) is 10.7. The molecule has 1 amide bonds. The Morgan fingerprint density at radius 2 is 2.16 bits per heavy atom. The van der Waals surface area contributed by atoms with E-state index in [1.807, 2.05) is 18.2 Å². The molecule has 1 N–H and O–H groups in total. The molecule has 0 atom stereocenters. The van der Waals surface area contributed by atoms with Gasteiger partial charge in [0.25, 0.3) is 0 Å². The van der Waals surface area contributed by atoms with Crippen LogP contribution in [-0.2, 0) is 4.79 Å². The van der Waals surface area contributed by atoms with E-state index in [9.17, 15) is 4.79 Å². The molecule has 1 fully saturated rings. The Bertz CT molecular complexity index is 471. The Hall–Kier alpha value is -1.91. The van der Waals surface area contributed by atoms with Crippen LogP contribution in [0.2, 0.25) is 0 Å². The first kappa shape index (κ1) is 12.1. The molecule has 1 aromatic rings. The van der Waals surface area contributed by atoms with E-state index < -0.39 is 0 Å². The van der Waals surface area contributed by atoms with Gasteiger partial charge in [0.15, 0.2) is 11.5 Å². The minimum atomic E-state index is 0.137. The van der Waals surface area contributed by atoms with E-state index >= 15 is 0 Å². The first-order valence-electron chi connectivity index (χ1n) is 6.64. The van der Waals surface area contributed by atoms with Crippen LogP contribution in [0.3, 0.4) is 0 Å². The number of ether oxygens (including phenoxy) is 3. The highest BCUT2D eigenvalue weighted by Crippen LogP contribution is 2.38. The molecule has 2 aliphatic rings. The molecule has 0 unspecified atom stereocenters. The van der Waals surface area contributed by atoms with Gasteiger partial charge < -0.3 is 19.5 Å². The van der Waals surface area contributed by atoms with Gasteiger partial charge >= 0.3 is 0 Å². The number of carbonyl (C=O) groups is 1. The van der Waals surface area contributed by atoms with E-state index in [1.54, 1.807) is 0 Å². The molecule has 0 aromatic heterocycles. The van der Waals surface area contributed by atoms with Crippen LogP contribution in [0.15, 0.2) is 18.2 Å². The van der Waals surface area contributed by atoms with E-state index in [0.717, 1.165) is 12.8 Å². The summed E-state index contributed by atoms with van der Waals surface area (Å²) in [6.07, 6.45) is 2.04. The molecule has 1 aliphatic carbocycles. The molecule has 5 nitrogen and oxygen atoms in total. The second-order valence-electron chi connectivity index (χ2n) is 4.69. The van der Waals surface area contributed by atoms with Crippen molar-refractivity contribution in [3.8, 4) is 17.2 Å². The molecule has 0 bridgehead atoms. The van der Waals surface area contributed by atoms with E-state index in [2.05, 4.69) is 5.32 Å². The summed E-state index contributed by atoms with van der Waals surface area (Å²) in [5, 5.41) is 2.86. The van der Waals surface area contributed by atoms with E-state index in [0.29, 0.717) is 43.6 Å². The lowest BCUT2D eigenvalue weighted by molar-refractivity contribution is -0.122. The predicted molar refractivity (Wildman–Crippen MR) is 68.7 cm³/mol. The summed E-state index contributed by atoms with van der Waals surface area (Å²) in [6.45, 7) is 2.04. The van der Waals surface area contributed by atoms with Crippen molar-refractivity contribution in [1.29, 1.82) is 0 Å². The lowest BCUT2D eigenvalue weighted by Crippen LogP contribution is -2.29. The molecule has 0 saturated heterocycles. The first-order valence-corrected chi connectivity index (χ1v) is 6.64. The van der Waals surface area contributed by atoms with Gasteiger partial charge in [-0.3, -0.25) is 4.79 Å². The van der Waals surface area contributed by atoms with Gasteiger partial charge in [0.05, 0.1) is 6.54 Å². The van der Waals surface area contributed by atoms with Gasteiger partial charge in [0.1, 0.15) is 19.8 Å². The molecule has 19 heavy (non-hydrogen) atoms. The SMILES string of the molecule is O=C(NCCOc1cccc2c1OCCO2)C1CC1. The Kier molecular flexibility index (Phi) is 3.44. The standard InChI is InChI=1S/C14H17NO4/c16-14(10-4-5-10)15-6-7-17-11-2-1-3-12-13(11)19-9-8-18-12/h1-3,10H,4-9H2,(H,15,16). The van der Waals surface area contributed by atoms with Crippen LogP contribution in [0, 0.1) is 5.92 Å². The number of hydrogen-bond acceptors (Lipinski definition) is 4. The molecule has 1 aliphatic heterocycles. The fraction of sp³-hybridized carbons (Fsp3) is 0.500. The molecule has 5 heteroatoms. The van der Waals surface area contributed by atoms with Gasteiger partial charge in [-0.25, -0.2) is 0 Å². The lowest BCUT2D eigenvalue weighted by Gasteiger charge is -2.20. The summed E-state index contributed by atoms with van der Waals surface area (Å²) in [4.78, 5) is 11.4. The van der Waals surface area contributed by atoms with Crippen LogP contribution in [-0.4, -0.2) is 32.3 Å². The van der Waals surface area contributed by atoms with Crippen LogP contribution >= 0.6 is 0 Å². The van der Waals surface area contributed by atoms with Gasteiger partial charge in [-0.1, -0.05) is 6.07 Å². The first-order chi connectivity index (χ1) is 9.34. The maximum Gasteiger partial charge on any atom is 0.223 e. The third-order valence-electron chi connectivity index (χ3n) is 3.14. The normalized spacial score (nSPS) is 16.8. The van der Waals surface area contributed by atoms with E-state index in [4.69, 9.17) is 14.2 Å². The zero-order valence-corrected chi connectivity index (χ0v) is 10.7. The van der Waals surface area contributed by atoms with Crippen LogP contribution in [0.1, 0.15) is 12.8 Å². The Morgan fingerprint density at radius 1 is 1.32 bits per heavy atom. The van der Waals surface area contributed by atoms with Crippen LogP contribution < -0.4 is 19.5 Å². The number of benzene rings is 1. The minimum absolute atomic E-state index is 0.137. The Morgan fingerprint density at radius 3 is 3.00 bits per heavy atom. The number of carbonyl (C=O) groups excluding carboxylic acids is 1. The number of fused-ring (bicyclic) bond motifs is 1. The summed E-state index contributed by atoms with van der Waals surface area (Å²) < 4.78 is 16.7. The smallest absolute Gasteiger partial charge is 0.223 e. The third kappa shape index (κ3) is 2.92. The Balaban J connectivity index is 1.50. The van der Waals surface area contributed by atoms with Crippen molar-refractivity contribution in [2.24, 2.45) is 5.92 Å². The fourth-order valence-corrected chi connectivity index (χ4v) is 1.99. The monoisotopic (exact) mass is 263 g/mol. The van der Waals surface area contributed by atoms with Crippen LogP contribution in [0.5, 0.6) is 17.2 Å². The van der Waals surface area contributed by atoms with Crippen LogP contribution in [0.4, 0.5) is 0 Å². The molecular weight excluding hydrogens is 246 g/mol. The van der Waals surface area contributed by atoms with Gasteiger partial charge in [0, 0.05) is 5.92 Å². The summed E-state index contributed by atoms with van der Waals surface area (Å²) in [5.41, 5.74) is 0. The maximum atomic E-state index is 11.4. The minimum Gasteiger partial charge on any atom is -0.488 e. The highest BCUT2D eigenvalue weighted by atomic mass is 16.6. The largest absolute Gasteiger partial charge is 0.488 e. The average molecular weight is 263 g/mol. The van der Waals surface area contributed by atoms with Crippen molar-refractivity contribution >= 4 is 5.91 Å². The van der Waals surface area contributed by atoms with Crippen molar-refractivity contribution < 1.29 is 19.0 Å². The Labute approximate surface area is 111 Å². The number of nitrogens with one attached hydrogen (secondary N) is 1. The number of rotatable bonds is 5. The lowest BCUT2D eigenvalue weighted by atomic mass is 10.3. The van der Waals surface area contributed by atoms with Gasteiger partial charge in [0.2, 0.25) is 11.7 Å². The maximum absolute atomic E-state index is 11.4. The molecule has 1 aromatic carbocycles. The van der Waals surface area contributed by atoms with Crippen molar-refractivity contribution in [3.63, 3.8) is 0 Å². The predicted octanol–water partition coefficient (Wildman–Crippen LogP) is 1.36. The summed E-state index contributed by atoms with van der Waals surface area (Å²) in [6, 6.07) is 5.57. The van der Waals surface area contributed by atoms with E-state index in [-0.39, 0.29) is 11.8 Å². The quantitative estimate of drug-likeness (QED) is 0.815. The molecular formula is C14H17NO4. The summed E-state index contributed by atoms with van der Waals surface area (Å²) in [5.74, 6) is 2.41. The zero-order chi connectivity index (χ0) is 13.1. The average Bonchev–Trinajstić information content (AvgIpc) is 3.28. The van der Waals surface area contributed by atoms with E-state index in [1.165, 1.54) is 0 Å². The van der Waals surface area contributed by atoms with Gasteiger partial charge in [-0.2, -0.15) is 0 Å².